The number of hydrogen-bond acceptors (Lipinski definition) is 0. The largest absolute Gasteiger partial charge is 0.0654 e. The standard InChI is InChI=1S/C28H40/c1-3-5-7-9-11-13-15-23-19-26-21-25-18-17-24(28(25)22-27(26)20-23)16-14-12-10-8-6-4-2/h17-22H,3-16H2,1-2H3. The lowest BCUT2D eigenvalue weighted by Crippen LogP contribution is -2.14. The lowest BCUT2D eigenvalue weighted by molar-refractivity contribution is 0.609. The second kappa shape index (κ2) is 11.4. The number of unbranched alkanes of at least 4 members (excludes halogenated alkanes) is 10. The minimum atomic E-state index is 1.24. The van der Waals surface area contributed by atoms with Gasteiger partial charge in [-0.2, -0.15) is 0 Å². The molecule has 0 saturated heterocycles. The SMILES string of the molecule is CCCCCCCCC1=Cc2cc3c(cc2=C1)C(CCCCCCCC)=CC=3. The Labute approximate surface area is 173 Å². The first kappa shape index (κ1) is 21.2. The first-order chi connectivity index (χ1) is 13.8. The molecule has 0 saturated carbocycles. The first-order valence-corrected chi connectivity index (χ1v) is 12.1. The summed E-state index contributed by atoms with van der Waals surface area (Å²) >= 11 is 0. The smallest absolute Gasteiger partial charge is 0.0146 e. The normalized spacial score (nSPS) is 14.2. The molecule has 28 heavy (non-hydrogen) atoms. The van der Waals surface area contributed by atoms with Crippen molar-refractivity contribution in [2.24, 2.45) is 0 Å². The van der Waals surface area contributed by atoms with Gasteiger partial charge in [0.15, 0.2) is 0 Å². The molecule has 0 heteroatoms. The van der Waals surface area contributed by atoms with Crippen molar-refractivity contribution in [3.05, 3.63) is 45.3 Å². The van der Waals surface area contributed by atoms with Crippen molar-refractivity contribution in [3.63, 3.8) is 0 Å². The summed E-state index contributed by atoms with van der Waals surface area (Å²) in [7, 11) is 0. The van der Waals surface area contributed by atoms with Gasteiger partial charge in [-0.05, 0) is 70.5 Å². The molecule has 0 spiro atoms. The Morgan fingerprint density at radius 3 is 1.93 bits per heavy atom. The summed E-state index contributed by atoms with van der Waals surface area (Å²) in [4.78, 5) is 0. The molecule has 0 aliphatic heterocycles. The second-order valence-electron chi connectivity index (χ2n) is 8.83. The fourth-order valence-electron chi connectivity index (χ4n) is 4.61. The average Bonchev–Trinajstić information content (AvgIpc) is 3.28. The van der Waals surface area contributed by atoms with E-state index in [0.717, 1.165) is 0 Å². The van der Waals surface area contributed by atoms with Crippen LogP contribution in [0.4, 0.5) is 0 Å². The van der Waals surface area contributed by atoms with Crippen molar-refractivity contribution in [3.8, 4) is 0 Å². The molecule has 1 aromatic carbocycles. The molecule has 3 rings (SSSR count). The van der Waals surface area contributed by atoms with Crippen LogP contribution in [0, 0.1) is 0 Å². The highest BCUT2D eigenvalue weighted by Crippen LogP contribution is 2.24. The Balaban J connectivity index is 1.49. The van der Waals surface area contributed by atoms with Crippen LogP contribution in [0.2, 0.25) is 0 Å². The van der Waals surface area contributed by atoms with Gasteiger partial charge < -0.3 is 0 Å². The van der Waals surface area contributed by atoms with Crippen LogP contribution < -0.4 is 10.4 Å². The first-order valence-electron chi connectivity index (χ1n) is 12.1. The van der Waals surface area contributed by atoms with Crippen LogP contribution in [0.5, 0.6) is 0 Å². The molecule has 0 amide bonds. The van der Waals surface area contributed by atoms with E-state index in [2.05, 4.69) is 50.3 Å². The maximum Gasteiger partial charge on any atom is -0.0146 e. The maximum absolute atomic E-state index is 2.46. The van der Waals surface area contributed by atoms with Gasteiger partial charge in [0.25, 0.3) is 0 Å². The van der Waals surface area contributed by atoms with E-state index in [1.54, 1.807) is 5.57 Å². The third-order valence-corrected chi connectivity index (χ3v) is 6.37. The Morgan fingerprint density at radius 2 is 1.21 bits per heavy atom. The minimum absolute atomic E-state index is 1.24. The van der Waals surface area contributed by atoms with Crippen LogP contribution in [0.15, 0.2) is 23.8 Å². The summed E-state index contributed by atoms with van der Waals surface area (Å²) < 4.78 is 0. The van der Waals surface area contributed by atoms with Gasteiger partial charge in [0, 0.05) is 0 Å². The summed E-state index contributed by atoms with van der Waals surface area (Å²) in [5, 5.41) is 2.88. The van der Waals surface area contributed by atoms with Crippen LogP contribution in [0.25, 0.3) is 23.8 Å². The van der Waals surface area contributed by atoms with Gasteiger partial charge in [0.1, 0.15) is 0 Å². The molecule has 0 N–H and O–H groups in total. The fourth-order valence-corrected chi connectivity index (χ4v) is 4.61. The van der Waals surface area contributed by atoms with Crippen molar-refractivity contribution >= 4 is 23.8 Å². The topological polar surface area (TPSA) is 0 Å². The molecule has 2 aliphatic rings. The summed E-state index contributed by atoms with van der Waals surface area (Å²) in [6.07, 6.45) is 28.6. The third kappa shape index (κ3) is 5.97. The van der Waals surface area contributed by atoms with Gasteiger partial charge in [-0.3, -0.25) is 0 Å². The predicted octanol–water partition coefficient (Wildman–Crippen LogP) is 7.54. The number of hydrogen-bond donors (Lipinski definition) is 0. The summed E-state index contributed by atoms with van der Waals surface area (Å²) in [5.74, 6) is 0. The monoisotopic (exact) mass is 376 g/mol. The van der Waals surface area contributed by atoms with Crippen molar-refractivity contribution in [1.29, 1.82) is 0 Å². The number of rotatable bonds is 14. The molecule has 0 aromatic heterocycles. The second-order valence-corrected chi connectivity index (χ2v) is 8.83. The predicted molar refractivity (Wildman–Crippen MR) is 127 cm³/mol. The van der Waals surface area contributed by atoms with Gasteiger partial charge in [-0.1, -0.05) is 102 Å². The molecule has 0 unspecified atom stereocenters. The average molecular weight is 377 g/mol. The molecular weight excluding hydrogens is 336 g/mol. The molecule has 2 aliphatic carbocycles. The van der Waals surface area contributed by atoms with Crippen LogP contribution in [0.3, 0.4) is 0 Å². The lowest BCUT2D eigenvalue weighted by atomic mass is 9.99. The highest BCUT2D eigenvalue weighted by Gasteiger charge is 2.12. The van der Waals surface area contributed by atoms with E-state index in [0.29, 0.717) is 0 Å². The molecule has 152 valence electrons. The van der Waals surface area contributed by atoms with E-state index in [9.17, 15) is 0 Å². The highest BCUT2D eigenvalue weighted by atomic mass is 14.2. The zero-order valence-electron chi connectivity index (χ0n) is 18.4. The maximum atomic E-state index is 2.46. The zero-order chi connectivity index (χ0) is 19.6. The Hall–Kier alpha value is -1.56. The van der Waals surface area contributed by atoms with E-state index in [1.165, 1.54) is 117 Å². The van der Waals surface area contributed by atoms with Crippen LogP contribution >= 0.6 is 0 Å². The van der Waals surface area contributed by atoms with Crippen LogP contribution in [0.1, 0.15) is 115 Å². The van der Waals surface area contributed by atoms with E-state index in [1.807, 2.05) is 0 Å². The summed E-state index contributed by atoms with van der Waals surface area (Å²) in [6, 6.07) is 4.88. The molecule has 0 heterocycles. The lowest BCUT2D eigenvalue weighted by Gasteiger charge is -2.06. The van der Waals surface area contributed by atoms with Crippen molar-refractivity contribution in [2.45, 2.75) is 104 Å². The van der Waals surface area contributed by atoms with Gasteiger partial charge in [0.2, 0.25) is 0 Å². The number of benzene rings is 1. The molecule has 0 bridgehead atoms. The van der Waals surface area contributed by atoms with Crippen molar-refractivity contribution in [2.75, 3.05) is 0 Å². The molecule has 0 fully saturated rings. The van der Waals surface area contributed by atoms with E-state index < -0.39 is 0 Å². The minimum Gasteiger partial charge on any atom is -0.0654 e. The van der Waals surface area contributed by atoms with E-state index in [-0.39, 0.29) is 0 Å². The van der Waals surface area contributed by atoms with Gasteiger partial charge >= 0.3 is 0 Å². The molecule has 1 aromatic rings. The molecule has 0 atom stereocenters. The van der Waals surface area contributed by atoms with Crippen molar-refractivity contribution in [1.82, 2.24) is 0 Å². The molecule has 0 radical (unpaired) electrons. The van der Waals surface area contributed by atoms with Crippen LogP contribution in [-0.4, -0.2) is 0 Å². The van der Waals surface area contributed by atoms with Gasteiger partial charge in [-0.25, -0.2) is 0 Å². The Bertz CT molecular complexity index is 803. The summed E-state index contributed by atoms with van der Waals surface area (Å²) in [5.41, 5.74) is 6.03. The number of fused-ring (bicyclic) bond motifs is 2. The third-order valence-electron chi connectivity index (χ3n) is 6.37. The number of allylic oxidation sites excluding steroid dienone is 3. The quantitative estimate of drug-likeness (QED) is 0.294. The summed E-state index contributed by atoms with van der Waals surface area (Å²) in [6.45, 7) is 4.58. The molecule has 0 nitrogen and oxygen atoms in total. The van der Waals surface area contributed by atoms with Gasteiger partial charge in [0.05, 0.1) is 0 Å². The van der Waals surface area contributed by atoms with Gasteiger partial charge in [-0.15, -0.1) is 0 Å². The zero-order valence-corrected chi connectivity index (χ0v) is 18.4. The molecular formula is C28H40. The van der Waals surface area contributed by atoms with Crippen molar-refractivity contribution < 1.29 is 0 Å². The van der Waals surface area contributed by atoms with Crippen LogP contribution in [-0.2, 0) is 0 Å². The Morgan fingerprint density at radius 1 is 0.571 bits per heavy atom. The fraction of sp³-hybridized carbons (Fsp3) is 0.571. The van der Waals surface area contributed by atoms with E-state index in [4.69, 9.17) is 0 Å². The van der Waals surface area contributed by atoms with E-state index >= 15 is 0 Å². The Kier molecular flexibility index (Phi) is 8.65. The highest BCUT2D eigenvalue weighted by molar-refractivity contribution is 5.81.